The summed E-state index contributed by atoms with van der Waals surface area (Å²) in [6.07, 6.45) is -0.590. The van der Waals surface area contributed by atoms with Gasteiger partial charge < -0.3 is 0 Å². The van der Waals surface area contributed by atoms with Crippen molar-refractivity contribution in [3.8, 4) is 0 Å². The second-order valence-corrected chi connectivity index (χ2v) is 4.07. The summed E-state index contributed by atoms with van der Waals surface area (Å²) < 4.78 is 0. The highest BCUT2D eigenvalue weighted by molar-refractivity contribution is 6.00. The first-order chi connectivity index (χ1) is 8.66. The number of carbonyl (C=O) groups excluding carboxylic acids is 1. The van der Waals surface area contributed by atoms with Crippen LogP contribution in [0.3, 0.4) is 0 Å². The molecule has 0 saturated carbocycles. The molecule has 0 aliphatic rings. The first-order valence-corrected chi connectivity index (χ1v) is 5.64. The number of hydrogen-bond donors (Lipinski definition) is 1. The van der Waals surface area contributed by atoms with Crippen molar-refractivity contribution in [2.75, 3.05) is 5.32 Å². The van der Waals surface area contributed by atoms with Crippen LogP contribution in [-0.4, -0.2) is 11.8 Å². The molecule has 0 heterocycles. The molecule has 0 aliphatic heterocycles. The van der Waals surface area contributed by atoms with Crippen molar-refractivity contribution in [1.29, 1.82) is 0 Å². The van der Waals surface area contributed by atoms with Crippen LogP contribution in [-0.2, 0) is 4.84 Å². The average molecular weight is 242 g/mol. The molecule has 18 heavy (non-hydrogen) atoms. The van der Waals surface area contributed by atoms with E-state index in [9.17, 15) is 4.79 Å². The summed E-state index contributed by atoms with van der Waals surface area (Å²) in [5.74, 6) is 0. The van der Waals surface area contributed by atoms with E-state index in [2.05, 4.69) is 10.5 Å². The SMILES string of the molecule is CC(C)=NOC(=O)Nc1cccc2ccccc12. The maximum atomic E-state index is 11.5. The fourth-order valence-electron chi connectivity index (χ4n) is 1.60. The first kappa shape index (κ1) is 12.1. The number of anilines is 1. The molecule has 4 heteroatoms. The number of rotatable bonds is 2. The Morgan fingerprint density at radius 3 is 2.61 bits per heavy atom. The van der Waals surface area contributed by atoms with E-state index in [1.807, 2.05) is 42.5 Å². The molecule has 0 bridgehead atoms. The topological polar surface area (TPSA) is 50.7 Å². The summed E-state index contributed by atoms with van der Waals surface area (Å²) >= 11 is 0. The lowest BCUT2D eigenvalue weighted by molar-refractivity contribution is 0.166. The van der Waals surface area contributed by atoms with Crippen LogP contribution in [0.4, 0.5) is 10.5 Å². The fraction of sp³-hybridized carbons (Fsp3) is 0.143. The summed E-state index contributed by atoms with van der Waals surface area (Å²) in [5.41, 5.74) is 1.39. The molecule has 0 saturated heterocycles. The highest BCUT2D eigenvalue weighted by Gasteiger charge is 2.05. The molecule has 2 rings (SSSR count). The normalized spacial score (nSPS) is 9.89. The van der Waals surface area contributed by atoms with Crippen molar-refractivity contribution in [2.45, 2.75) is 13.8 Å². The minimum Gasteiger partial charge on any atom is -0.298 e. The Morgan fingerprint density at radius 2 is 1.83 bits per heavy atom. The summed E-state index contributed by atoms with van der Waals surface area (Å²) in [6, 6.07) is 13.5. The highest BCUT2D eigenvalue weighted by Crippen LogP contribution is 2.22. The van der Waals surface area contributed by atoms with Gasteiger partial charge in [-0.25, -0.2) is 4.79 Å². The zero-order valence-corrected chi connectivity index (χ0v) is 10.3. The molecule has 0 aromatic heterocycles. The largest absolute Gasteiger partial charge is 0.437 e. The van der Waals surface area contributed by atoms with E-state index in [0.29, 0.717) is 11.4 Å². The first-order valence-electron chi connectivity index (χ1n) is 5.64. The Labute approximate surface area is 105 Å². The monoisotopic (exact) mass is 242 g/mol. The molecular formula is C14H14N2O2. The molecule has 92 valence electrons. The van der Waals surface area contributed by atoms with Crippen molar-refractivity contribution in [3.05, 3.63) is 42.5 Å². The van der Waals surface area contributed by atoms with Gasteiger partial charge in [0.25, 0.3) is 0 Å². The van der Waals surface area contributed by atoms with E-state index in [1.54, 1.807) is 13.8 Å². The molecule has 0 atom stereocenters. The van der Waals surface area contributed by atoms with Gasteiger partial charge in [0.2, 0.25) is 0 Å². The Bertz CT molecular complexity index is 596. The zero-order chi connectivity index (χ0) is 13.0. The van der Waals surface area contributed by atoms with Crippen LogP contribution < -0.4 is 5.32 Å². The number of oxime groups is 1. The molecule has 1 N–H and O–H groups in total. The van der Waals surface area contributed by atoms with E-state index < -0.39 is 6.09 Å². The maximum absolute atomic E-state index is 11.5. The van der Waals surface area contributed by atoms with E-state index in [4.69, 9.17) is 4.84 Å². The summed E-state index contributed by atoms with van der Waals surface area (Å²) in [6.45, 7) is 3.51. The molecule has 4 nitrogen and oxygen atoms in total. The Morgan fingerprint density at radius 1 is 1.11 bits per heavy atom. The Kier molecular flexibility index (Phi) is 3.57. The molecule has 0 fully saturated rings. The van der Waals surface area contributed by atoms with Gasteiger partial charge in [-0.05, 0) is 25.3 Å². The predicted molar refractivity (Wildman–Crippen MR) is 72.8 cm³/mol. The predicted octanol–water partition coefficient (Wildman–Crippen LogP) is 3.78. The smallest absolute Gasteiger partial charge is 0.298 e. The van der Waals surface area contributed by atoms with E-state index >= 15 is 0 Å². The molecular weight excluding hydrogens is 228 g/mol. The third kappa shape index (κ3) is 2.85. The molecule has 2 aromatic rings. The summed E-state index contributed by atoms with van der Waals surface area (Å²) in [7, 11) is 0. The van der Waals surface area contributed by atoms with Crippen LogP contribution in [0.2, 0.25) is 0 Å². The number of benzene rings is 2. The van der Waals surface area contributed by atoms with Crippen LogP contribution >= 0.6 is 0 Å². The quantitative estimate of drug-likeness (QED) is 0.495. The third-order valence-electron chi connectivity index (χ3n) is 2.34. The van der Waals surface area contributed by atoms with Crippen molar-refractivity contribution in [3.63, 3.8) is 0 Å². The van der Waals surface area contributed by atoms with Crippen LogP contribution in [0.25, 0.3) is 10.8 Å². The summed E-state index contributed by atoms with van der Waals surface area (Å²) in [4.78, 5) is 16.2. The molecule has 2 aromatic carbocycles. The second-order valence-electron chi connectivity index (χ2n) is 4.07. The Balaban J connectivity index is 2.22. The number of carbonyl (C=O) groups is 1. The standard InChI is InChI=1S/C14H14N2O2/c1-10(2)16-18-14(17)15-13-9-5-7-11-6-3-4-8-12(11)13/h3-9H,1-2H3,(H,15,17). The van der Waals surface area contributed by atoms with Crippen LogP contribution in [0.5, 0.6) is 0 Å². The van der Waals surface area contributed by atoms with Gasteiger partial charge in [0.1, 0.15) is 0 Å². The molecule has 0 aliphatic carbocycles. The van der Waals surface area contributed by atoms with Crippen molar-refractivity contribution < 1.29 is 9.63 Å². The highest BCUT2D eigenvalue weighted by atomic mass is 16.7. The third-order valence-corrected chi connectivity index (χ3v) is 2.34. The molecule has 0 unspecified atom stereocenters. The van der Waals surface area contributed by atoms with Crippen LogP contribution in [0, 0.1) is 0 Å². The number of nitrogens with one attached hydrogen (secondary N) is 1. The van der Waals surface area contributed by atoms with E-state index in [0.717, 1.165) is 10.8 Å². The zero-order valence-electron chi connectivity index (χ0n) is 10.3. The second kappa shape index (κ2) is 5.31. The molecule has 0 radical (unpaired) electrons. The van der Waals surface area contributed by atoms with Gasteiger partial charge in [-0.2, -0.15) is 0 Å². The minimum absolute atomic E-state index is 0.590. The van der Waals surface area contributed by atoms with Gasteiger partial charge >= 0.3 is 6.09 Å². The van der Waals surface area contributed by atoms with Gasteiger partial charge in [-0.3, -0.25) is 10.2 Å². The molecule has 0 spiro atoms. The average Bonchev–Trinajstić information content (AvgIpc) is 2.37. The maximum Gasteiger partial charge on any atom is 0.437 e. The minimum atomic E-state index is -0.590. The number of amides is 1. The van der Waals surface area contributed by atoms with Crippen LogP contribution in [0.1, 0.15) is 13.8 Å². The fourth-order valence-corrected chi connectivity index (χ4v) is 1.60. The number of hydrogen-bond acceptors (Lipinski definition) is 3. The van der Waals surface area contributed by atoms with Crippen molar-refractivity contribution in [2.24, 2.45) is 5.16 Å². The van der Waals surface area contributed by atoms with Gasteiger partial charge in [-0.15, -0.1) is 0 Å². The van der Waals surface area contributed by atoms with Gasteiger partial charge in [-0.1, -0.05) is 41.6 Å². The summed E-state index contributed by atoms with van der Waals surface area (Å²) in [5, 5.41) is 8.30. The van der Waals surface area contributed by atoms with E-state index in [1.165, 1.54) is 0 Å². The van der Waals surface area contributed by atoms with Gasteiger partial charge in [0.15, 0.2) is 0 Å². The number of nitrogens with zero attached hydrogens (tertiary/aromatic N) is 1. The molecule has 1 amide bonds. The van der Waals surface area contributed by atoms with Crippen molar-refractivity contribution >= 4 is 28.3 Å². The lowest BCUT2D eigenvalue weighted by Gasteiger charge is -2.06. The van der Waals surface area contributed by atoms with Gasteiger partial charge in [0.05, 0.1) is 11.4 Å². The Hall–Kier alpha value is -2.36. The van der Waals surface area contributed by atoms with Gasteiger partial charge in [0, 0.05) is 5.39 Å². The lowest BCUT2D eigenvalue weighted by Crippen LogP contribution is -2.11. The van der Waals surface area contributed by atoms with E-state index in [-0.39, 0.29) is 0 Å². The number of fused-ring (bicyclic) bond motifs is 1. The lowest BCUT2D eigenvalue weighted by atomic mass is 10.1. The van der Waals surface area contributed by atoms with Crippen molar-refractivity contribution in [1.82, 2.24) is 0 Å². The van der Waals surface area contributed by atoms with Crippen LogP contribution in [0.15, 0.2) is 47.6 Å².